The highest BCUT2D eigenvalue weighted by Gasteiger charge is 2.26. The van der Waals surface area contributed by atoms with Crippen molar-refractivity contribution in [3.8, 4) is 0 Å². The molecule has 0 saturated heterocycles. The number of aryl methyl sites for hydroxylation is 1. The van der Waals surface area contributed by atoms with Crippen LogP contribution in [0.4, 0.5) is 5.13 Å². The van der Waals surface area contributed by atoms with Gasteiger partial charge in [0.2, 0.25) is 0 Å². The molecule has 0 spiro atoms. The van der Waals surface area contributed by atoms with Crippen LogP contribution in [0, 0.1) is 0 Å². The van der Waals surface area contributed by atoms with Gasteiger partial charge in [0.05, 0.1) is 40.7 Å². The molecule has 2 aromatic heterocycles. The SMILES string of the molecule is CCc1cccc2sc(N(Cc3ccccn3)C(=O)c3ccccc3C(=O)OC)nc12. The Morgan fingerprint density at radius 3 is 2.48 bits per heavy atom. The number of nitrogens with zero attached hydrogens (tertiary/aromatic N) is 3. The van der Waals surface area contributed by atoms with Crippen molar-refractivity contribution in [1.29, 1.82) is 0 Å². The number of amides is 1. The summed E-state index contributed by atoms with van der Waals surface area (Å²) in [6.07, 6.45) is 2.54. The van der Waals surface area contributed by atoms with Gasteiger partial charge in [-0.1, -0.05) is 48.6 Å². The maximum atomic E-state index is 13.7. The van der Waals surface area contributed by atoms with Gasteiger partial charge in [0, 0.05) is 6.20 Å². The second kappa shape index (κ2) is 9.06. The van der Waals surface area contributed by atoms with Gasteiger partial charge in [-0.15, -0.1) is 0 Å². The first-order chi connectivity index (χ1) is 15.1. The average molecular weight is 432 g/mol. The lowest BCUT2D eigenvalue weighted by Gasteiger charge is -2.20. The minimum atomic E-state index is -0.556. The molecule has 0 fully saturated rings. The van der Waals surface area contributed by atoms with Crippen molar-refractivity contribution >= 4 is 38.6 Å². The van der Waals surface area contributed by atoms with Crippen molar-refractivity contribution in [2.75, 3.05) is 12.0 Å². The quantitative estimate of drug-likeness (QED) is 0.407. The Morgan fingerprint density at radius 1 is 1.00 bits per heavy atom. The van der Waals surface area contributed by atoms with Crippen molar-refractivity contribution in [1.82, 2.24) is 9.97 Å². The number of hydrogen-bond acceptors (Lipinski definition) is 6. The van der Waals surface area contributed by atoms with Gasteiger partial charge in [-0.2, -0.15) is 0 Å². The van der Waals surface area contributed by atoms with Crippen LogP contribution in [-0.2, 0) is 17.7 Å². The van der Waals surface area contributed by atoms with E-state index in [0.29, 0.717) is 5.13 Å². The zero-order valence-electron chi connectivity index (χ0n) is 17.2. The fourth-order valence-electron chi connectivity index (χ4n) is 3.38. The number of pyridine rings is 1. The van der Waals surface area contributed by atoms with Crippen molar-refractivity contribution in [2.24, 2.45) is 0 Å². The van der Waals surface area contributed by atoms with E-state index in [9.17, 15) is 9.59 Å². The predicted molar refractivity (Wildman–Crippen MR) is 122 cm³/mol. The smallest absolute Gasteiger partial charge is 0.338 e. The van der Waals surface area contributed by atoms with Gasteiger partial charge in [0.1, 0.15) is 0 Å². The maximum Gasteiger partial charge on any atom is 0.338 e. The van der Waals surface area contributed by atoms with Crippen LogP contribution >= 0.6 is 11.3 Å². The molecule has 2 heterocycles. The Morgan fingerprint density at radius 2 is 1.77 bits per heavy atom. The minimum absolute atomic E-state index is 0.219. The van der Waals surface area contributed by atoms with Gasteiger partial charge < -0.3 is 4.74 Å². The molecule has 1 amide bonds. The topological polar surface area (TPSA) is 72.4 Å². The average Bonchev–Trinajstić information content (AvgIpc) is 3.26. The van der Waals surface area contributed by atoms with E-state index >= 15 is 0 Å². The third-order valence-corrected chi connectivity index (χ3v) is 6.00. The molecule has 6 nitrogen and oxygen atoms in total. The van der Waals surface area contributed by atoms with Crippen LogP contribution < -0.4 is 4.90 Å². The Bertz CT molecular complexity index is 1240. The molecule has 4 aromatic rings. The van der Waals surface area contributed by atoms with Crippen LogP contribution in [0.2, 0.25) is 0 Å². The monoisotopic (exact) mass is 431 g/mol. The van der Waals surface area contributed by atoms with Crippen LogP contribution in [-0.4, -0.2) is 29.0 Å². The molecule has 0 bridgehead atoms. The minimum Gasteiger partial charge on any atom is -0.465 e. The molecule has 0 atom stereocenters. The summed E-state index contributed by atoms with van der Waals surface area (Å²) in [5.41, 5.74) is 3.23. The fraction of sp³-hybridized carbons (Fsp3) is 0.167. The normalized spacial score (nSPS) is 10.8. The van der Waals surface area contributed by atoms with E-state index in [4.69, 9.17) is 9.72 Å². The number of benzene rings is 2. The van der Waals surface area contributed by atoms with E-state index < -0.39 is 5.97 Å². The molecule has 0 aliphatic heterocycles. The number of rotatable bonds is 6. The summed E-state index contributed by atoms with van der Waals surface area (Å²) in [5.74, 6) is -0.886. The molecule has 0 unspecified atom stereocenters. The zero-order valence-corrected chi connectivity index (χ0v) is 18.1. The van der Waals surface area contributed by atoms with Crippen LogP contribution in [0.15, 0.2) is 66.9 Å². The Kier molecular flexibility index (Phi) is 6.04. The van der Waals surface area contributed by atoms with Crippen molar-refractivity contribution in [2.45, 2.75) is 19.9 Å². The number of methoxy groups -OCH3 is 1. The Labute approximate surface area is 184 Å². The Hall–Kier alpha value is -3.58. The Balaban J connectivity index is 1.83. The summed E-state index contributed by atoms with van der Waals surface area (Å²) in [5, 5.41) is 0.561. The number of aromatic nitrogens is 2. The summed E-state index contributed by atoms with van der Waals surface area (Å²) < 4.78 is 5.88. The first-order valence-electron chi connectivity index (χ1n) is 9.90. The van der Waals surface area contributed by atoms with Gasteiger partial charge in [0.15, 0.2) is 5.13 Å². The molecule has 2 aromatic carbocycles. The molecule has 4 rings (SSSR count). The number of anilines is 1. The van der Waals surface area contributed by atoms with Gasteiger partial charge in [-0.25, -0.2) is 9.78 Å². The molecule has 31 heavy (non-hydrogen) atoms. The number of thiazole rings is 1. The second-order valence-corrected chi connectivity index (χ2v) is 7.87. The van der Waals surface area contributed by atoms with Gasteiger partial charge in [-0.05, 0) is 42.3 Å². The third kappa shape index (κ3) is 4.18. The number of fused-ring (bicyclic) bond motifs is 1. The van der Waals surface area contributed by atoms with E-state index in [0.717, 1.165) is 27.9 Å². The lowest BCUT2D eigenvalue weighted by molar-refractivity contribution is 0.0597. The van der Waals surface area contributed by atoms with Crippen LogP contribution in [0.3, 0.4) is 0 Å². The van der Waals surface area contributed by atoms with E-state index in [1.165, 1.54) is 18.4 Å². The predicted octanol–water partition coefficient (Wildman–Crippen LogP) is 4.89. The lowest BCUT2D eigenvalue weighted by atomic mass is 10.1. The van der Waals surface area contributed by atoms with Crippen molar-refractivity contribution in [3.63, 3.8) is 0 Å². The van der Waals surface area contributed by atoms with E-state index in [1.807, 2.05) is 36.4 Å². The molecule has 0 radical (unpaired) electrons. The van der Waals surface area contributed by atoms with Gasteiger partial charge >= 0.3 is 5.97 Å². The number of esters is 1. The van der Waals surface area contributed by atoms with E-state index in [2.05, 4.69) is 11.9 Å². The maximum absolute atomic E-state index is 13.7. The van der Waals surface area contributed by atoms with E-state index in [-0.39, 0.29) is 23.6 Å². The number of ether oxygens (including phenoxy) is 1. The van der Waals surface area contributed by atoms with Crippen LogP contribution in [0.1, 0.15) is 38.9 Å². The highest BCUT2D eigenvalue weighted by Crippen LogP contribution is 2.33. The second-order valence-electron chi connectivity index (χ2n) is 6.86. The summed E-state index contributed by atoms with van der Waals surface area (Å²) in [4.78, 5) is 36.7. The molecule has 7 heteroatoms. The van der Waals surface area contributed by atoms with Crippen LogP contribution in [0.5, 0.6) is 0 Å². The largest absolute Gasteiger partial charge is 0.465 e. The summed E-state index contributed by atoms with van der Waals surface area (Å²) in [7, 11) is 1.30. The molecule has 0 N–H and O–H groups in total. The van der Waals surface area contributed by atoms with Crippen molar-refractivity contribution in [3.05, 3.63) is 89.2 Å². The van der Waals surface area contributed by atoms with Crippen molar-refractivity contribution < 1.29 is 14.3 Å². The zero-order chi connectivity index (χ0) is 21.8. The first-order valence-corrected chi connectivity index (χ1v) is 10.7. The number of carbonyl (C=O) groups is 2. The summed E-state index contributed by atoms with van der Waals surface area (Å²) >= 11 is 1.45. The highest BCUT2D eigenvalue weighted by atomic mass is 32.1. The lowest BCUT2D eigenvalue weighted by Crippen LogP contribution is -2.32. The molecular formula is C24H21N3O3S. The van der Waals surface area contributed by atoms with E-state index in [1.54, 1.807) is 35.4 Å². The van der Waals surface area contributed by atoms with Crippen LogP contribution in [0.25, 0.3) is 10.2 Å². The highest BCUT2D eigenvalue weighted by molar-refractivity contribution is 7.22. The summed E-state index contributed by atoms with van der Waals surface area (Å²) in [6, 6.07) is 18.3. The fourth-order valence-corrected chi connectivity index (χ4v) is 4.39. The molecule has 156 valence electrons. The summed E-state index contributed by atoms with van der Waals surface area (Å²) in [6.45, 7) is 2.31. The third-order valence-electron chi connectivity index (χ3n) is 4.96. The molecule has 0 aliphatic carbocycles. The number of para-hydroxylation sites is 1. The molecular weight excluding hydrogens is 410 g/mol. The first kappa shape index (κ1) is 20.7. The molecule has 0 saturated carbocycles. The molecule has 0 aliphatic rings. The number of hydrogen-bond donors (Lipinski definition) is 0. The van der Waals surface area contributed by atoms with Gasteiger partial charge in [-0.3, -0.25) is 14.7 Å². The number of carbonyl (C=O) groups excluding carboxylic acids is 2. The standard InChI is InChI=1S/C24H21N3O3S/c1-3-16-9-8-13-20-21(16)26-24(31-20)27(15-17-10-6-7-14-25-17)22(28)18-11-4-5-12-19(18)23(29)30-2/h4-14H,3,15H2,1-2H3. The van der Waals surface area contributed by atoms with Gasteiger partial charge in [0.25, 0.3) is 5.91 Å².